The molecule has 8 nitrogen and oxygen atoms in total. The van der Waals surface area contributed by atoms with Gasteiger partial charge in [0.2, 0.25) is 0 Å². The Morgan fingerprint density at radius 1 is 0.690 bits per heavy atom. The van der Waals surface area contributed by atoms with Gasteiger partial charge in [0.1, 0.15) is 24.4 Å². The first-order valence-corrected chi connectivity index (χ1v) is 15.5. The highest BCUT2D eigenvalue weighted by Crippen LogP contribution is 2.67. The lowest BCUT2D eigenvalue weighted by molar-refractivity contribution is -0.0454. The first kappa shape index (κ1) is 24.4. The molecule has 2 fully saturated rings. The number of piperidine rings is 2. The molecular formula is C34H36N2O6. The van der Waals surface area contributed by atoms with E-state index in [-0.39, 0.29) is 35.4 Å². The van der Waals surface area contributed by atoms with Gasteiger partial charge in [-0.1, -0.05) is 24.3 Å². The molecule has 218 valence electrons. The van der Waals surface area contributed by atoms with Crippen LogP contribution in [0.1, 0.15) is 35.1 Å². The second-order valence-corrected chi connectivity index (χ2v) is 14.2. The van der Waals surface area contributed by atoms with Gasteiger partial charge in [0.15, 0.2) is 23.0 Å². The molecule has 4 aliphatic carbocycles. The summed E-state index contributed by atoms with van der Waals surface area (Å²) in [5.41, 5.74) is 5.52. The number of aliphatic hydroxyl groups excluding tert-OH is 2. The fourth-order valence-corrected chi connectivity index (χ4v) is 11.1. The molecule has 8 aliphatic rings. The second kappa shape index (κ2) is 7.53. The number of benzene rings is 2. The van der Waals surface area contributed by atoms with Crippen LogP contribution in [0.3, 0.4) is 0 Å². The Kier molecular flexibility index (Phi) is 4.38. The maximum absolute atomic E-state index is 11.6. The van der Waals surface area contributed by atoms with E-state index in [1.807, 2.05) is 24.3 Å². The molecule has 2 aromatic rings. The third-order valence-corrected chi connectivity index (χ3v) is 12.8. The molecule has 4 aliphatic heterocycles. The zero-order valence-electron chi connectivity index (χ0n) is 23.8. The second-order valence-electron chi connectivity index (χ2n) is 14.2. The molecule has 8 heteroatoms. The van der Waals surface area contributed by atoms with Crippen LogP contribution in [-0.4, -0.2) is 93.9 Å². The summed E-state index contributed by atoms with van der Waals surface area (Å²) in [6, 6.07) is 4.16. The zero-order chi connectivity index (χ0) is 28.4. The first-order chi connectivity index (χ1) is 20.3. The summed E-state index contributed by atoms with van der Waals surface area (Å²) in [6.07, 6.45) is 9.10. The number of hydrogen-bond donors (Lipinski definition) is 4. The van der Waals surface area contributed by atoms with E-state index in [1.165, 1.54) is 0 Å². The zero-order valence-corrected chi connectivity index (χ0v) is 23.8. The van der Waals surface area contributed by atoms with Gasteiger partial charge in [-0.15, -0.1) is 0 Å². The highest BCUT2D eigenvalue weighted by molar-refractivity contribution is 5.83. The molecular weight excluding hydrogens is 532 g/mol. The molecule has 2 spiro atoms. The molecule has 0 unspecified atom stereocenters. The van der Waals surface area contributed by atoms with Gasteiger partial charge in [-0.3, -0.25) is 0 Å². The quantitative estimate of drug-likeness (QED) is 0.389. The van der Waals surface area contributed by atoms with Crippen LogP contribution in [0.25, 0.3) is 11.1 Å². The number of aromatic hydroxyl groups is 2. The number of nitrogens with zero attached hydrogens (tertiary/aromatic N) is 2. The fraction of sp³-hybridized carbons (Fsp3) is 0.529. The molecule has 4 N–H and O–H groups in total. The molecule has 4 heterocycles. The highest BCUT2D eigenvalue weighted by atomic mass is 16.5. The standard InChI is InChI=1S/C34H36N2O6/c1-35-9-7-33-19-3-5-23(37)31(33)41-29-25(39)13-15(17(27(29)33)11-21(19)35)16-14-26(40)30-28-18(16)12-22-20-4-6-24(38)32(42-30)34(20,28)8-10-36(22)2/h3-6,13-14,19-24,31-32,37-40H,7-12H2,1-2H3/t19-,20-,21+,22+,23-,24-,31-,32-,33-,34-/m0/s1. The van der Waals surface area contributed by atoms with Crippen LogP contribution in [0, 0.1) is 11.8 Å². The number of phenols is 2. The third-order valence-electron chi connectivity index (χ3n) is 12.8. The number of aliphatic hydroxyl groups is 2. The SMILES string of the molecule is CN1CC[C@]23c4c5c(-c6cc(O)c7c8c6C[C@@H]6[C@@H]9C=C[C@H](O)[C@H](O7)[C@]89CCN6C)cc(O)c4O[C@H]2[C@@H](O)C=C[C@H]3[C@H]1C5. The van der Waals surface area contributed by atoms with Gasteiger partial charge in [0.05, 0.1) is 0 Å². The van der Waals surface area contributed by atoms with Crippen LogP contribution in [0.2, 0.25) is 0 Å². The van der Waals surface area contributed by atoms with Gasteiger partial charge in [-0.2, -0.15) is 0 Å². The number of likely N-dealkylation sites (N-methyl/N-ethyl adjacent to an activating group) is 2. The van der Waals surface area contributed by atoms with Crippen LogP contribution >= 0.6 is 0 Å². The summed E-state index contributed by atoms with van der Waals surface area (Å²) >= 11 is 0. The third kappa shape index (κ3) is 2.48. The van der Waals surface area contributed by atoms with Crippen molar-refractivity contribution in [3.05, 3.63) is 58.7 Å². The van der Waals surface area contributed by atoms with Gasteiger partial charge < -0.3 is 39.7 Å². The predicted molar refractivity (Wildman–Crippen MR) is 154 cm³/mol. The predicted octanol–water partition coefficient (Wildman–Crippen LogP) is 2.38. The minimum Gasteiger partial charge on any atom is -0.504 e. The van der Waals surface area contributed by atoms with Crippen LogP contribution < -0.4 is 9.47 Å². The van der Waals surface area contributed by atoms with Gasteiger partial charge in [-0.05, 0) is 87.3 Å². The Morgan fingerprint density at radius 3 is 1.55 bits per heavy atom. The lowest BCUT2D eigenvalue weighted by Gasteiger charge is -2.57. The van der Waals surface area contributed by atoms with Crippen molar-refractivity contribution in [2.24, 2.45) is 11.8 Å². The smallest absolute Gasteiger partial charge is 0.165 e. The summed E-state index contributed by atoms with van der Waals surface area (Å²) in [7, 11) is 4.38. The van der Waals surface area contributed by atoms with Gasteiger partial charge in [-0.25, -0.2) is 0 Å². The molecule has 10 rings (SSSR count). The lowest BCUT2D eigenvalue weighted by atomic mass is 9.52. The Hall–Kier alpha value is -3.04. The largest absolute Gasteiger partial charge is 0.504 e. The summed E-state index contributed by atoms with van der Waals surface area (Å²) < 4.78 is 13.0. The summed E-state index contributed by atoms with van der Waals surface area (Å²) in [6.45, 7) is 1.81. The van der Waals surface area contributed by atoms with Crippen molar-refractivity contribution in [1.29, 1.82) is 0 Å². The topological polar surface area (TPSA) is 106 Å². The number of rotatable bonds is 1. The van der Waals surface area contributed by atoms with E-state index < -0.39 is 35.2 Å². The monoisotopic (exact) mass is 568 g/mol. The normalized spacial score (nSPS) is 43.0. The van der Waals surface area contributed by atoms with Crippen molar-refractivity contribution in [3.63, 3.8) is 0 Å². The molecule has 0 aromatic heterocycles. The van der Waals surface area contributed by atoms with Crippen LogP contribution in [0.15, 0.2) is 36.4 Å². The Bertz CT molecular complexity index is 1550. The van der Waals surface area contributed by atoms with Crippen molar-refractivity contribution in [3.8, 4) is 34.1 Å². The molecule has 2 saturated heterocycles. The average Bonchev–Trinajstić information content (AvgIpc) is 3.51. The molecule has 42 heavy (non-hydrogen) atoms. The summed E-state index contributed by atoms with van der Waals surface area (Å²) in [5, 5.41) is 45.4. The highest BCUT2D eigenvalue weighted by Gasteiger charge is 2.66. The fourth-order valence-electron chi connectivity index (χ4n) is 11.1. The molecule has 0 radical (unpaired) electrons. The molecule has 0 amide bonds. The van der Waals surface area contributed by atoms with Gasteiger partial charge in [0, 0.05) is 45.9 Å². The van der Waals surface area contributed by atoms with E-state index in [2.05, 4.69) is 36.0 Å². The minimum absolute atomic E-state index is 0.0948. The average molecular weight is 569 g/mol. The van der Waals surface area contributed by atoms with Crippen molar-refractivity contribution in [2.75, 3.05) is 27.2 Å². The Labute approximate surface area is 244 Å². The number of likely N-dealkylation sites (tertiary alicyclic amines) is 2. The number of phenolic OH excluding ortho intramolecular Hbond substituents is 2. The van der Waals surface area contributed by atoms with E-state index in [0.717, 1.165) is 72.2 Å². The minimum atomic E-state index is -0.734. The maximum Gasteiger partial charge on any atom is 0.165 e. The number of hydrogen-bond acceptors (Lipinski definition) is 8. The summed E-state index contributed by atoms with van der Waals surface area (Å²) in [4.78, 5) is 4.88. The number of ether oxygens (including phenoxy) is 2. The first-order valence-electron chi connectivity index (χ1n) is 15.5. The maximum atomic E-state index is 11.6. The Morgan fingerprint density at radius 2 is 1.12 bits per heavy atom. The van der Waals surface area contributed by atoms with E-state index >= 15 is 0 Å². The Balaban J connectivity index is 1.26. The van der Waals surface area contributed by atoms with Crippen LogP contribution in [0.4, 0.5) is 0 Å². The molecule has 10 atom stereocenters. The molecule has 2 aromatic carbocycles. The molecule has 4 bridgehead atoms. The van der Waals surface area contributed by atoms with E-state index in [4.69, 9.17) is 9.47 Å². The van der Waals surface area contributed by atoms with Gasteiger partial charge in [0.25, 0.3) is 0 Å². The van der Waals surface area contributed by atoms with Crippen LogP contribution in [-0.2, 0) is 23.7 Å². The molecule has 0 saturated carbocycles. The van der Waals surface area contributed by atoms with Crippen LogP contribution in [0.5, 0.6) is 23.0 Å². The van der Waals surface area contributed by atoms with Crippen molar-refractivity contribution >= 4 is 0 Å². The lowest BCUT2D eigenvalue weighted by Crippen LogP contribution is -2.65. The van der Waals surface area contributed by atoms with Crippen molar-refractivity contribution < 1.29 is 29.9 Å². The van der Waals surface area contributed by atoms with E-state index in [1.54, 1.807) is 0 Å². The van der Waals surface area contributed by atoms with E-state index in [9.17, 15) is 20.4 Å². The van der Waals surface area contributed by atoms with E-state index in [0.29, 0.717) is 11.5 Å². The van der Waals surface area contributed by atoms with Crippen molar-refractivity contribution in [2.45, 2.75) is 73.0 Å². The van der Waals surface area contributed by atoms with Crippen molar-refractivity contribution in [1.82, 2.24) is 9.80 Å². The van der Waals surface area contributed by atoms with Gasteiger partial charge >= 0.3 is 0 Å². The summed E-state index contributed by atoms with van der Waals surface area (Å²) in [5.74, 6) is 1.62.